The van der Waals surface area contributed by atoms with E-state index in [1.807, 2.05) is 6.07 Å². The van der Waals surface area contributed by atoms with Crippen molar-refractivity contribution in [2.24, 2.45) is 17.8 Å². The Balaban J connectivity index is 1.57. The number of benzene rings is 1. The number of esters is 1. The molecule has 3 heteroatoms. The van der Waals surface area contributed by atoms with Gasteiger partial charge in [0.25, 0.3) is 0 Å². The molecule has 1 heterocycles. The van der Waals surface area contributed by atoms with Gasteiger partial charge in [-0.2, -0.15) is 0 Å². The minimum absolute atomic E-state index is 0.0115. The SMILES string of the molecule is CC(C)[C@H]1CC[C@H](C)CC1OC(=O)[C@H]1CN1[C@@H](C)c1ccccc1. The molecule has 0 bridgehead atoms. The average molecular weight is 329 g/mol. The van der Waals surface area contributed by atoms with Crippen LogP contribution in [0.3, 0.4) is 0 Å². The molecule has 132 valence electrons. The molecule has 2 aliphatic rings. The fraction of sp³-hybridized carbons (Fsp3) is 0.667. The summed E-state index contributed by atoms with van der Waals surface area (Å²) in [5.74, 6) is 1.75. The highest BCUT2D eigenvalue weighted by atomic mass is 16.5. The zero-order valence-corrected chi connectivity index (χ0v) is 15.4. The van der Waals surface area contributed by atoms with E-state index in [-0.39, 0.29) is 24.2 Å². The molecule has 1 aliphatic carbocycles. The first kappa shape index (κ1) is 17.5. The van der Waals surface area contributed by atoms with E-state index in [1.165, 1.54) is 18.4 Å². The number of carbonyl (C=O) groups is 1. The lowest BCUT2D eigenvalue weighted by molar-refractivity contribution is -0.156. The van der Waals surface area contributed by atoms with Gasteiger partial charge in [0.05, 0.1) is 0 Å². The third-order valence-electron chi connectivity index (χ3n) is 5.93. The summed E-state index contributed by atoms with van der Waals surface area (Å²) in [5.41, 5.74) is 1.26. The van der Waals surface area contributed by atoms with E-state index in [9.17, 15) is 4.79 Å². The van der Waals surface area contributed by atoms with Gasteiger partial charge in [-0.05, 0) is 43.1 Å². The molecule has 3 nitrogen and oxygen atoms in total. The molecule has 0 spiro atoms. The second-order valence-corrected chi connectivity index (χ2v) is 8.10. The number of hydrogen-bond donors (Lipinski definition) is 0. The third kappa shape index (κ3) is 3.83. The fourth-order valence-electron chi connectivity index (χ4n) is 4.19. The lowest BCUT2D eigenvalue weighted by atomic mass is 9.75. The van der Waals surface area contributed by atoms with Crippen molar-refractivity contribution in [1.29, 1.82) is 0 Å². The first-order chi connectivity index (χ1) is 11.5. The predicted molar refractivity (Wildman–Crippen MR) is 96.6 cm³/mol. The molecule has 0 N–H and O–H groups in total. The molecule has 0 amide bonds. The Hall–Kier alpha value is -1.35. The molecule has 1 aromatic rings. The monoisotopic (exact) mass is 329 g/mol. The van der Waals surface area contributed by atoms with Gasteiger partial charge in [0.1, 0.15) is 12.1 Å². The molecule has 2 fully saturated rings. The van der Waals surface area contributed by atoms with Gasteiger partial charge in [0.15, 0.2) is 0 Å². The maximum atomic E-state index is 12.6. The summed E-state index contributed by atoms with van der Waals surface area (Å²) in [5, 5.41) is 0. The Morgan fingerprint density at radius 1 is 1.17 bits per heavy atom. The standard InChI is InChI=1S/C21H31NO2/c1-14(2)18-11-10-15(3)12-20(18)24-21(23)19-13-22(19)16(4)17-8-6-5-7-9-17/h5-9,14-16,18-20H,10-13H2,1-4H3/t15-,16-,18+,19+,20?,22?/m0/s1. The molecule has 1 aliphatic heterocycles. The van der Waals surface area contributed by atoms with Crippen LogP contribution in [0.4, 0.5) is 0 Å². The van der Waals surface area contributed by atoms with Crippen molar-refractivity contribution in [3.63, 3.8) is 0 Å². The summed E-state index contributed by atoms with van der Waals surface area (Å²) in [6.45, 7) is 9.77. The number of rotatable bonds is 5. The van der Waals surface area contributed by atoms with Crippen LogP contribution in [0.5, 0.6) is 0 Å². The van der Waals surface area contributed by atoms with Gasteiger partial charge in [0, 0.05) is 12.6 Å². The fourth-order valence-corrected chi connectivity index (χ4v) is 4.19. The highest BCUT2D eigenvalue weighted by Crippen LogP contribution is 2.37. The summed E-state index contributed by atoms with van der Waals surface area (Å²) < 4.78 is 6.00. The highest BCUT2D eigenvalue weighted by molar-refractivity contribution is 5.79. The number of carbonyl (C=O) groups excluding carboxylic acids is 1. The van der Waals surface area contributed by atoms with Gasteiger partial charge in [-0.25, -0.2) is 0 Å². The van der Waals surface area contributed by atoms with Crippen LogP contribution in [0.2, 0.25) is 0 Å². The van der Waals surface area contributed by atoms with Crippen LogP contribution in [0.1, 0.15) is 58.6 Å². The smallest absolute Gasteiger partial charge is 0.325 e. The molecule has 1 saturated carbocycles. The van der Waals surface area contributed by atoms with Crippen molar-refractivity contribution < 1.29 is 9.53 Å². The lowest BCUT2D eigenvalue weighted by Gasteiger charge is -2.36. The van der Waals surface area contributed by atoms with Gasteiger partial charge in [-0.3, -0.25) is 9.69 Å². The summed E-state index contributed by atoms with van der Waals surface area (Å²) >= 11 is 0. The van der Waals surface area contributed by atoms with Crippen molar-refractivity contribution >= 4 is 5.97 Å². The van der Waals surface area contributed by atoms with Crippen molar-refractivity contribution in [1.82, 2.24) is 4.90 Å². The topological polar surface area (TPSA) is 29.3 Å². The van der Waals surface area contributed by atoms with Crippen molar-refractivity contribution in [2.75, 3.05) is 6.54 Å². The van der Waals surface area contributed by atoms with Crippen LogP contribution in [-0.2, 0) is 9.53 Å². The van der Waals surface area contributed by atoms with Gasteiger partial charge < -0.3 is 4.74 Å². The second kappa shape index (κ2) is 7.26. The Morgan fingerprint density at radius 2 is 1.88 bits per heavy atom. The maximum absolute atomic E-state index is 12.6. The van der Waals surface area contributed by atoms with Gasteiger partial charge in [-0.1, -0.05) is 57.5 Å². The molecular formula is C21H31NO2. The van der Waals surface area contributed by atoms with Crippen molar-refractivity contribution in [3.05, 3.63) is 35.9 Å². The zero-order valence-electron chi connectivity index (χ0n) is 15.4. The van der Waals surface area contributed by atoms with Gasteiger partial charge in [-0.15, -0.1) is 0 Å². The lowest BCUT2D eigenvalue weighted by Crippen LogP contribution is -2.37. The van der Waals surface area contributed by atoms with Gasteiger partial charge in [0.2, 0.25) is 0 Å². The van der Waals surface area contributed by atoms with Crippen LogP contribution in [-0.4, -0.2) is 29.6 Å². The van der Waals surface area contributed by atoms with E-state index < -0.39 is 0 Å². The highest BCUT2D eigenvalue weighted by Gasteiger charge is 2.46. The molecule has 1 saturated heterocycles. The van der Waals surface area contributed by atoms with Crippen LogP contribution >= 0.6 is 0 Å². The summed E-state index contributed by atoms with van der Waals surface area (Å²) in [6, 6.07) is 10.6. The van der Waals surface area contributed by atoms with Crippen molar-refractivity contribution in [2.45, 2.75) is 65.1 Å². The Bertz CT molecular complexity index is 556. The normalized spacial score (nSPS) is 34.0. The Morgan fingerprint density at radius 3 is 2.54 bits per heavy atom. The van der Waals surface area contributed by atoms with E-state index in [4.69, 9.17) is 4.74 Å². The summed E-state index contributed by atoms with van der Waals surface area (Å²) in [7, 11) is 0. The van der Waals surface area contributed by atoms with Crippen LogP contribution in [0, 0.1) is 17.8 Å². The minimum atomic E-state index is -0.0507. The quantitative estimate of drug-likeness (QED) is 0.591. The van der Waals surface area contributed by atoms with E-state index in [1.54, 1.807) is 0 Å². The van der Waals surface area contributed by atoms with E-state index in [0.29, 0.717) is 17.8 Å². The molecular weight excluding hydrogens is 298 g/mol. The first-order valence-electron chi connectivity index (χ1n) is 9.48. The number of ether oxygens (including phenoxy) is 1. The minimum Gasteiger partial charge on any atom is -0.461 e. The van der Waals surface area contributed by atoms with Crippen LogP contribution in [0.15, 0.2) is 30.3 Å². The molecule has 0 aromatic heterocycles. The van der Waals surface area contributed by atoms with Crippen LogP contribution in [0.25, 0.3) is 0 Å². The predicted octanol–water partition coefficient (Wildman–Crippen LogP) is 4.44. The van der Waals surface area contributed by atoms with Crippen molar-refractivity contribution in [3.8, 4) is 0 Å². The molecule has 6 atom stereocenters. The summed E-state index contributed by atoms with van der Waals surface area (Å²) in [6.07, 6.45) is 3.58. The first-order valence-corrected chi connectivity index (χ1v) is 9.48. The average Bonchev–Trinajstić information content (AvgIpc) is 3.35. The number of nitrogens with zero attached hydrogens (tertiary/aromatic N) is 1. The maximum Gasteiger partial charge on any atom is 0.325 e. The largest absolute Gasteiger partial charge is 0.461 e. The van der Waals surface area contributed by atoms with Gasteiger partial charge >= 0.3 is 5.97 Å². The Labute approximate surface area is 146 Å². The number of hydrogen-bond acceptors (Lipinski definition) is 3. The zero-order chi connectivity index (χ0) is 17.3. The third-order valence-corrected chi connectivity index (χ3v) is 5.93. The van der Waals surface area contributed by atoms with E-state index >= 15 is 0 Å². The second-order valence-electron chi connectivity index (χ2n) is 8.10. The van der Waals surface area contributed by atoms with E-state index in [0.717, 1.165) is 13.0 Å². The Kier molecular flexibility index (Phi) is 5.29. The van der Waals surface area contributed by atoms with Crippen LogP contribution < -0.4 is 0 Å². The summed E-state index contributed by atoms with van der Waals surface area (Å²) in [4.78, 5) is 14.9. The van der Waals surface area contributed by atoms with E-state index in [2.05, 4.69) is 56.9 Å². The molecule has 2 unspecified atom stereocenters. The molecule has 1 aromatic carbocycles. The molecule has 24 heavy (non-hydrogen) atoms. The molecule has 0 radical (unpaired) electrons. The molecule has 3 rings (SSSR count).